The Morgan fingerprint density at radius 1 is 1.27 bits per heavy atom. The fourth-order valence-corrected chi connectivity index (χ4v) is 1.83. The number of halogens is 1. The molecule has 0 bridgehead atoms. The predicted molar refractivity (Wildman–Crippen MR) is 43.8 cm³/mol. The number of rotatable bonds is 0. The van der Waals surface area contributed by atoms with Crippen molar-refractivity contribution in [3.8, 4) is 0 Å². The summed E-state index contributed by atoms with van der Waals surface area (Å²) in [7, 11) is 0. The predicted octanol–water partition coefficient (Wildman–Crippen LogP) is 1.93. The van der Waals surface area contributed by atoms with Crippen LogP contribution in [0.25, 0.3) is 0 Å². The van der Waals surface area contributed by atoms with Crippen LogP contribution in [0.5, 0.6) is 0 Å². The number of aryl methyl sites for hydroxylation is 2. The molecule has 2 rings (SSSR count). The molecule has 1 aromatic rings. The van der Waals surface area contributed by atoms with Gasteiger partial charge >= 0.3 is 0 Å². The van der Waals surface area contributed by atoms with E-state index in [0.29, 0.717) is 5.15 Å². The molecule has 0 atom stereocenters. The summed E-state index contributed by atoms with van der Waals surface area (Å²) in [5.74, 6) is 0.788. The molecule has 0 aliphatic heterocycles. The Labute approximate surface area is 70.6 Å². The second-order valence-electron chi connectivity index (χ2n) is 2.84. The van der Waals surface area contributed by atoms with E-state index in [2.05, 4.69) is 9.97 Å². The zero-order valence-electron chi connectivity index (χ0n) is 6.39. The Kier molecular flexibility index (Phi) is 1.57. The van der Waals surface area contributed by atoms with Crippen molar-refractivity contribution in [3.05, 3.63) is 22.2 Å². The van der Waals surface area contributed by atoms with Crippen LogP contribution >= 0.6 is 11.6 Å². The fourth-order valence-electron chi connectivity index (χ4n) is 1.50. The first-order chi connectivity index (χ1) is 5.27. The normalized spacial score (nSPS) is 15.1. The van der Waals surface area contributed by atoms with Gasteiger partial charge in [-0.2, -0.15) is 0 Å². The first-order valence-electron chi connectivity index (χ1n) is 3.79. The molecule has 3 heteroatoms. The number of hydrogen-bond acceptors (Lipinski definition) is 2. The largest absolute Gasteiger partial charge is 0.238 e. The zero-order chi connectivity index (χ0) is 7.84. The molecule has 1 aliphatic rings. The van der Waals surface area contributed by atoms with E-state index in [9.17, 15) is 0 Å². The van der Waals surface area contributed by atoms with Crippen molar-refractivity contribution >= 4 is 11.6 Å². The van der Waals surface area contributed by atoms with E-state index < -0.39 is 0 Å². The van der Waals surface area contributed by atoms with Crippen LogP contribution in [-0.2, 0) is 12.8 Å². The lowest BCUT2D eigenvalue weighted by molar-refractivity contribution is 0.895. The number of aromatic nitrogens is 2. The van der Waals surface area contributed by atoms with Crippen LogP contribution in [0.15, 0.2) is 0 Å². The van der Waals surface area contributed by atoms with Crippen molar-refractivity contribution in [2.45, 2.75) is 26.2 Å². The van der Waals surface area contributed by atoms with Gasteiger partial charge in [0, 0.05) is 11.3 Å². The molecule has 58 valence electrons. The minimum atomic E-state index is 0.657. The first-order valence-corrected chi connectivity index (χ1v) is 4.17. The lowest BCUT2D eigenvalue weighted by Crippen LogP contribution is -1.96. The average Bonchev–Trinajstić information content (AvgIpc) is 2.34. The molecule has 11 heavy (non-hydrogen) atoms. The monoisotopic (exact) mass is 168 g/mol. The van der Waals surface area contributed by atoms with Crippen LogP contribution in [0.4, 0.5) is 0 Å². The van der Waals surface area contributed by atoms with Crippen molar-refractivity contribution in [1.29, 1.82) is 0 Å². The molecule has 1 aromatic heterocycles. The maximum Gasteiger partial charge on any atom is 0.136 e. The molecule has 0 saturated heterocycles. The average molecular weight is 169 g/mol. The third kappa shape index (κ3) is 1.11. The van der Waals surface area contributed by atoms with E-state index >= 15 is 0 Å². The van der Waals surface area contributed by atoms with Crippen molar-refractivity contribution in [2.24, 2.45) is 0 Å². The Balaban J connectivity index is 2.60. The van der Waals surface area contributed by atoms with Crippen LogP contribution in [0.1, 0.15) is 23.5 Å². The van der Waals surface area contributed by atoms with Gasteiger partial charge in [-0.3, -0.25) is 0 Å². The van der Waals surface area contributed by atoms with Gasteiger partial charge in [-0.05, 0) is 26.2 Å². The standard InChI is InChI=1S/C8H9ClN2/c1-5-10-7-4-2-3-6(7)8(9)11-5/h2-4H2,1H3. The summed E-state index contributed by atoms with van der Waals surface area (Å²) in [6.45, 7) is 1.88. The lowest BCUT2D eigenvalue weighted by atomic mass is 10.3. The number of nitrogens with zero attached hydrogens (tertiary/aromatic N) is 2. The smallest absolute Gasteiger partial charge is 0.136 e. The summed E-state index contributed by atoms with van der Waals surface area (Å²) in [5, 5.41) is 0.657. The fraction of sp³-hybridized carbons (Fsp3) is 0.500. The summed E-state index contributed by atoms with van der Waals surface area (Å²) >= 11 is 5.92. The molecule has 0 fully saturated rings. The van der Waals surface area contributed by atoms with Crippen molar-refractivity contribution < 1.29 is 0 Å². The van der Waals surface area contributed by atoms with Gasteiger partial charge in [-0.25, -0.2) is 9.97 Å². The maximum atomic E-state index is 5.92. The summed E-state index contributed by atoms with van der Waals surface area (Å²) in [5.41, 5.74) is 2.32. The summed E-state index contributed by atoms with van der Waals surface area (Å²) < 4.78 is 0. The summed E-state index contributed by atoms with van der Waals surface area (Å²) in [6.07, 6.45) is 3.29. The lowest BCUT2D eigenvalue weighted by Gasteiger charge is -2.00. The highest BCUT2D eigenvalue weighted by Crippen LogP contribution is 2.25. The highest BCUT2D eigenvalue weighted by Gasteiger charge is 2.16. The van der Waals surface area contributed by atoms with Gasteiger partial charge in [0.25, 0.3) is 0 Å². The highest BCUT2D eigenvalue weighted by molar-refractivity contribution is 6.30. The third-order valence-corrected chi connectivity index (χ3v) is 2.31. The van der Waals surface area contributed by atoms with E-state index in [0.717, 1.165) is 29.9 Å². The molecule has 0 unspecified atom stereocenters. The summed E-state index contributed by atoms with van der Waals surface area (Å²) in [6, 6.07) is 0. The maximum absolute atomic E-state index is 5.92. The molecule has 0 amide bonds. The molecule has 1 aliphatic carbocycles. The van der Waals surface area contributed by atoms with E-state index in [1.807, 2.05) is 6.92 Å². The van der Waals surface area contributed by atoms with E-state index in [1.54, 1.807) is 0 Å². The molecule has 0 radical (unpaired) electrons. The van der Waals surface area contributed by atoms with Crippen LogP contribution < -0.4 is 0 Å². The molecular weight excluding hydrogens is 160 g/mol. The second-order valence-corrected chi connectivity index (χ2v) is 3.20. The molecule has 0 spiro atoms. The van der Waals surface area contributed by atoms with E-state index in [-0.39, 0.29) is 0 Å². The van der Waals surface area contributed by atoms with Crippen LogP contribution in [-0.4, -0.2) is 9.97 Å². The Hall–Kier alpha value is -0.630. The third-order valence-electron chi connectivity index (χ3n) is 1.99. The van der Waals surface area contributed by atoms with Gasteiger partial charge in [0.05, 0.1) is 0 Å². The first kappa shape index (κ1) is 7.04. The van der Waals surface area contributed by atoms with Gasteiger partial charge < -0.3 is 0 Å². The second kappa shape index (κ2) is 2.45. The van der Waals surface area contributed by atoms with Crippen LogP contribution in [0.2, 0.25) is 5.15 Å². The molecule has 0 saturated carbocycles. The molecule has 1 heterocycles. The van der Waals surface area contributed by atoms with Crippen molar-refractivity contribution in [2.75, 3.05) is 0 Å². The Morgan fingerprint density at radius 3 is 2.91 bits per heavy atom. The SMILES string of the molecule is Cc1nc(Cl)c2c(n1)CCC2. The van der Waals surface area contributed by atoms with Crippen LogP contribution in [0, 0.1) is 6.92 Å². The van der Waals surface area contributed by atoms with E-state index in [4.69, 9.17) is 11.6 Å². The van der Waals surface area contributed by atoms with Crippen LogP contribution in [0.3, 0.4) is 0 Å². The van der Waals surface area contributed by atoms with Gasteiger partial charge in [-0.1, -0.05) is 11.6 Å². The van der Waals surface area contributed by atoms with Crippen molar-refractivity contribution in [1.82, 2.24) is 9.97 Å². The van der Waals surface area contributed by atoms with Gasteiger partial charge in [0.1, 0.15) is 11.0 Å². The number of fused-ring (bicyclic) bond motifs is 1. The summed E-state index contributed by atoms with van der Waals surface area (Å²) in [4.78, 5) is 8.42. The number of hydrogen-bond donors (Lipinski definition) is 0. The van der Waals surface area contributed by atoms with Gasteiger partial charge in [0.2, 0.25) is 0 Å². The minimum absolute atomic E-state index is 0.657. The Morgan fingerprint density at radius 2 is 2.09 bits per heavy atom. The highest BCUT2D eigenvalue weighted by atomic mass is 35.5. The van der Waals surface area contributed by atoms with Gasteiger partial charge in [0.15, 0.2) is 0 Å². The molecular formula is C8H9ClN2. The topological polar surface area (TPSA) is 25.8 Å². The van der Waals surface area contributed by atoms with Crippen molar-refractivity contribution in [3.63, 3.8) is 0 Å². The minimum Gasteiger partial charge on any atom is -0.238 e. The Bertz CT molecular complexity index is 296. The van der Waals surface area contributed by atoms with Gasteiger partial charge in [-0.15, -0.1) is 0 Å². The zero-order valence-corrected chi connectivity index (χ0v) is 7.15. The molecule has 0 aromatic carbocycles. The molecule has 0 N–H and O–H groups in total. The van der Waals surface area contributed by atoms with E-state index in [1.165, 1.54) is 6.42 Å². The molecule has 2 nitrogen and oxygen atoms in total. The quantitative estimate of drug-likeness (QED) is 0.554.